The topological polar surface area (TPSA) is 62.2 Å². The molecule has 4 nitrogen and oxygen atoms in total. The lowest BCUT2D eigenvalue weighted by atomic mass is 10.2. The van der Waals surface area contributed by atoms with Crippen LogP contribution in [0.5, 0.6) is 0 Å². The third kappa shape index (κ3) is 2.90. The monoisotopic (exact) mass is 280 g/mol. The van der Waals surface area contributed by atoms with Crippen molar-refractivity contribution in [3.05, 3.63) is 45.5 Å². The van der Waals surface area contributed by atoms with Crippen molar-refractivity contribution < 1.29 is 14.3 Å². The van der Waals surface area contributed by atoms with Gasteiger partial charge >= 0.3 is 5.97 Å². The van der Waals surface area contributed by atoms with Crippen LogP contribution in [0.1, 0.15) is 33.1 Å². The third-order valence-corrected chi connectivity index (χ3v) is 3.84. The number of aromatic nitrogens is 1. The molecule has 0 fully saturated rings. The number of aromatic carboxylic acids is 1. The number of anilines is 1. The molecule has 0 radical (unpaired) electrons. The van der Waals surface area contributed by atoms with Crippen LogP contribution >= 0.6 is 11.3 Å². The number of carboxylic acid groups (broad SMARTS) is 1. The maximum atomic E-state index is 13.9. The number of nitrogens with one attached hydrogen (secondary N) is 1. The summed E-state index contributed by atoms with van der Waals surface area (Å²) in [4.78, 5) is 16.9. The number of nitrogens with zero attached hydrogens (tertiary/aromatic N) is 1. The van der Waals surface area contributed by atoms with E-state index in [4.69, 9.17) is 5.11 Å². The zero-order valence-corrected chi connectivity index (χ0v) is 11.3. The average molecular weight is 280 g/mol. The minimum Gasteiger partial charge on any atom is -0.478 e. The molecule has 0 aliphatic rings. The highest BCUT2D eigenvalue weighted by Gasteiger charge is 2.17. The second-order valence-corrected chi connectivity index (χ2v) is 5.46. The van der Waals surface area contributed by atoms with Crippen LogP contribution in [-0.4, -0.2) is 16.1 Å². The van der Waals surface area contributed by atoms with Crippen LogP contribution in [0.2, 0.25) is 0 Å². The van der Waals surface area contributed by atoms with Crippen LogP contribution in [0, 0.1) is 12.7 Å². The first-order valence-electron chi connectivity index (χ1n) is 5.69. The van der Waals surface area contributed by atoms with E-state index >= 15 is 0 Å². The minimum atomic E-state index is -1.30. The first-order valence-corrected chi connectivity index (χ1v) is 6.51. The van der Waals surface area contributed by atoms with Crippen molar-refractivity contribution in [1.29, 1.82) is 0 Å². The molecule has 0 aromatic carbocycles. The molecular formula is C13H13FN2O2S. The lowest BCUT2D eigenvalue weighted by Gasteiger charge is -2.14. The van der Waals surface area contributed by atoms with Gasteiger partial charge in [-0.2, -0.15) is 0 Å². The van der Waals surface area contributed by atoms with Gasteiger partial charge in [0.1, 0.15) is 5.56 Å². The maximum absolute atomic E-state index is 13.9. The number of hydrogen-bond acceptors (Lipinski definition) is 4. The summed E-state index contributed by atoms with van der Waals surface area (Å²) in [5.41, 5.74) is -0.382. The summed E-state index contributed by atoms with van der Waals surface area (Å²) in [5, 5.41) is 11.7. The van der Waals surface area contributed by atoms with E-state index in [9.17, 15) is 9.18 Å². The molecule has 6 heteroatoms. The Morgan fingerprint density at radius 1 is 1.47 bits per heavy atom. The van der Waals surface area contributed by atoms with Crippen LogP contribution in [-0.2, 0) is 0 Å². The SMILES string of the molecule is Cc1ccc(C(C)Nc2nccc(C(=O)O)c2F)s1. The van der Waals surface area contributed by atoms with Gasteiger partial charge in [-0.05, 0) is 32.0 Å². The average Bonchev–Trinajstić information content (AvgIpc) is 2.78. The highest BCUT2D eigenvalue weighted by molar-refractivity contribution is 7.12. The Balaban J connectivity index is 2.24. The van der Waals surface area contributed by atoms with Gasteiger partial charge in [0, 0.05) is 16.0 Å². The van der Waals surface area contributed by atoms with Gasteiger partial charge in [0.2, 0.25) is 0 Å². The van der Waals surface area contributed by atoms with Crippen LogP contribution < -0.4 is 5.32 Å². The van der Waals surface area contributed by atoms with Gasteiger partial charge in [0.25, 0.3) is 0 Å². The molecule has 100 valence electrons. The molecule has 0 saturated carbocycles. The van der Waals surface area contributed by atoms with E-state index in [0.29, 0.717) is 0 Å². The fourth-order valence-corrected chi connectivity index (χ4v) is 2.55. The number of carboxylic acids is 1. The van der Waals surface area contributed by atoms with E-state index in [2.05, 4.69) is 10.3 Å². The van der Waals surface area contributed by atoms with E-state index in [-0.39, 0.29) is 17.4 Å². The van der Waals surface area contributed by atoms with Gasteiger partial charge in [0.15, 0.2) is 11.6 Å². The molecule has 2 aromatic heterocycles. The molecule has 2 heterocycles. The molecule has 0 aliphatic carbocycles. The predicted octanol–water partition coefficient (Wildman–Crippen LogP) is 3.46. The molecule has 0 spiro atoms. The van der Waals surface area contributed by atoms with Crippen molar-refractivity contribution in [3.63, 3.8) is 0 Å². The highest BCUT2D eigenvalue weighted by atomic mass is 32.1. The number of hydrogen-bond donors (Lipinski definition) is 2. The van der Waals surface area contributed by atoms with E-state index in [1.165, 1.54) is 6.20 Å². The summed E-state index contributed by atoms with van der Waals surface area (Å²) in [6.07, 6.45) is 1.28. The van der Waals surface area contributed by atoms with Crippen molar-refractivity contribution in [2.24, 2.45) is 0 Å². The number of thiophene rings is 1. The largest absolute Gasteiger partial charge is 0.478 e. The second-order valence-electron chi connectivity index (χ2n) is 4.14. The molecule has 2 aromatic rings. The first-order chi connectivity index (χ1) is 8.99. The van der Waals surface area contributed by atoms with Crippen LogP contribution in [0.25, 0.3) is 0 Å². The summed E-state index contributed by atoms with van der Waals surface area (Å²) in [7, 11) is 0. The van der Waals surface area contributed by atoms with Crippen LogP contribution in [0.3, 0.4) is 0 Å². The summed E-state index contributed by atoms with van der Waals surface area (Å²) >= 11 is 1.60. The van der Waals surface area contributed by atoms with Crippen LogP contribution in [0.15, 0.2) is 24.4 Å². The summed E-state index contributed by atoms with van der Waals surface area (Å²) in [6.45, 7) is 3.87. The Bertz CT molecular complexity index is 612. The third-order valence-electron chi connectivity index (χ3n) is 2.66. The van der Waals surface area contributed by atoms with E-state index < -0.39 is 11.8 Å². The highest BCUT2D eigenvalue weighted by Crippen LogP contribution is 2.26. The number of halogens is 1. The molecule has 0 amide bonds. The number of aryl methyl sites for hydroxylation is 1. The smallest absolute Gasteiger partial charge is 0.338 e. The van der Waals surface area contributed by atoms with Gasteiger partial charge < -0.3 is 10.4 Å². The molecule has 2 rings (SSSR count). The molecule has 2 N–H and O–H groups in total. The minimum absolute atomic E-state index is 0.0431. The maximum Gasteiger partial charge on any atom is 0.338 e. The van der Waals surface area contributed by atoms with Gasteiger partial charge in [-0.1, -0.05) is 0 Å². The Kier molecular flexibility index (Phi) is 3.80. The van der Waals surface area contributed by atoms with Crippen molar-refractivity contribution in [1.82, 2.24) is 4.98 Å². The Morgan fingerprint density at radius 3 is 2.79 bits per heavy atom. The lowest BCUT2D eigenvalue weighted by Crippen LogP contribution is -2.11. The van der Waals surface area contributed by atoms with Gasteiger partial charge in [-0.3, -0.25) is 0 Å². The van der Waals surface area contributed by atoms with Crippen molar-refractivity contribution in [3.8, 4) is 0 Å². The Hall–Kier alpha value is -1.95. The zero-order valence-electron chi connectivity index (χ0n) is 10.5. The number of carbonyl (C=O) groups is 1. The zero-order chi connectivity index (χ0) is 14.0. The second kappa shape index (κ2) is 5.36. The van der Waals surface area contributed by atoms with Crippen molar-refractivity contribution in [2.75, 3.05) is 5.32 Å². The number of pyridine rings is 1. The van der Waals surface area contributed by atoms with E-state index in [1.54, 1.807) is 11.3 Å². The van der Waals surface area contributed by atoms with Crippen molar-refractivity contribution in [2.45, 2.75) is 19.9 Å². The standard InChI is InChI=1S/C13H13FN2O2S/c1-7-3-4-10(19-7)8(2)16-12-11(14)9(13(17)18)5-6-15-12/h3-6,8H,1-2H3,(H,15,16)(H,17,18). The Morgan fingerprint density at radius 2 is 2.21 bits per heavy atom. The predicted molar refractivity (Wildman–Crippen MR) is 72.2 cm³/mol. The summed E-state index contributed by atoms with van der Waals surface area (Å²) < 4.78 is 13.9. The normalized spacial score (nSPS) is 12.2. The fourth-order valence-electron chi connectivity index (χ4n) is 1.67. The van der Waals surface area contributed by atoms with Crippen molar-refractivity contribution >= 4 is 23.1 Å². The Labute approximate surface area is 113 Å². The molecule has 0 saturated heterocycles. The molecular weight excluding hydrogens is 267 g/mol. The van der Waals surface area contributed by atoms with E-state index in [0.717, 1.165) is 15.8 Å². The van der Waals surface area contributed by atoms with Gasteiger partial charge in [-0.15, -0.1) is 11.3 Å². The molecule has 19 heavy (non-hydrogen) atoms. The van der Waals surface area contributed by atoms with Gasteiger partial charge in [0.05, 0.1) is 6.04 Å². The molecule has 1 atom stereocenters. The number of rotatable bonds is 4. The molecule has 0 aliphatic heterocycles. The molecule has 0 bridgehead atoms. The summed E-state index contributed by atoms with van der Waals surface area (Å²) in [5.74, 6) is -2.18. The quantitative estimate of drug-likeness (QED) is 0.900. The van der Waals surface area contributed by atoms with E-state index in [1.807, 2.05) is 26.0 Å². The van der Waals surface area contributed by atoms with Gasteiger partial charge in [-0.25, -0.2) is 14.2 Å². The van der Waals surface area contributed by atoms with Crippen LogP contribution in [0.4, 0.5) is 10.2 Å². The lowest BCUT2D eigenvalue weighted by molar-refractivity contribution is 0.0692. The molecule has 1 unspecified atom stereocenters. The fraction of sp³-hybridized carbons (Fsp3) is 0.231. The first kappa shape index (κ1) is 13.5. The summed E-state index contributed by atoms with van der Waals surface area (Å²) in [6, 6.07) is 4.94.